The van der Waals surface area contributed by atoms with Gasteiger partial charge in [-0.15, -0.1) is 0 Å². The first-order chi connectivity index (χ1) is 4.61. The Morgan fingerprint density at radius 1 is 1.40 bits per heavy atom. The summed E-state index contributed by atoms with van der Waals surface area (Å²) >= 11 is 0. The smallest absolute Gasteiger partial charge is 0.127 e. The maximum Gasteiger partial charge on any atom is 0.127 e. The molecule has 1 heterocycles. The van der Waals surface area contributed by atoms with E-state index in [9.17, 15) is 0 Å². The summed E-state index contributed by atoms with van der Waals surface area (Å²) in [6.07, 6.45) is 1.95. The zero-order chi connectivity index (χ0) is 7.72. The van der Waals surface area contributed by atoms with Crippen molar-refractivity contribution in [3.05, 3.63) is 28.9 Å². The molecule has 0 aromatic carbocycles. The first-order valence-electron chi connectivity index (χ1n) is 3.30. The summed E-state index contributed by atoms with van der Waals surface area (Å²) < 4.78 is 1.82. The van der Waals surface area contributed by atoms with E-state index in [1.807, 2.05) is 37.7 Å². The maximum absolute atomic E-state index is 7.50. The Balaban J connectivity index is 3.46. The summed E-state index contributed by atoms with van der Waals surface area (Å²) in [5, 5.41) is 7.50. The fraction of sp³-hybridized carbons (Fsp3) is 0.375. The molecule has 0 bridgehead atoms. The highest BCUT2D eigenvalue weighted by molar-refractivity contribution is 5.14. The Kier molecular flexibility index (Phi) is 1.62. The summed E-state index contributed by atoms with van der Waals surface area (Å²) in [7, 11) is 1.89. The molecule has 1 aromatic heterocycles. The van der Waals surface area contributed by atoms with Crippen LogP contribution in [-0.4, -0.2) is 4.57 Å². The van der Waals surface area contributed by atoms with Gasteiger partial charge in [0, 0.05) is 13.2 Å². The van der Waals surface area contributed by atoms with Gasteiger partial charge >= 0.3 is 0 Å². The van der Waals surface area contributed by atoms with Gasteiger partial charge in [0.05, 0.1) is 0 Å². The van der Waals surface area contributed by atoms with Crippen LogP contribution in [0.4, 0.5) is 0 Å². The summed E-state index contributed by atoms with van der Waals surface area (Å²) in [5.41, 5.74) is 2.82. The standard InChI is InChI=1S/C8H12N2/c1-6-4-7(2)8(9)10(3)5-6/h4-5,9H,1-3H3. The van der Waals surface area contributed by atoms with Crippen molar-refractivity contribution in [2.75, 3.05) is 0 Å². The topological polar surface area (TPSA) is 28.8 Å². The molecule has 0 amide bonds. The number of pyridine rings is 1. The zero-order valence-corrected chi connectivity index (χ0v) is 6.60. The third kappa shape index (κ3) is 1.10. The molecule has 10 heavy (non-hydrogen) atoms. The van der Waals surface area contributed by atoms with Crippen molar-refractivity contribution in [2.45, 2.75) is 13.8 Å². The van der Waals surface area contributed by atoms with E-state index in [0.717, 1.165) is 5.56 Å². The molecular weight excluding hydrogens is 124 g/mol. The Morgan fingerprint density at radius 2 is 2.00 bits per heavy atom. The van der Waals surface area contributed by atoms with Gasteiger partial charge in [0.2, 0.25) is 0 Å². The molecule has 0 fully saturated rings. The number of nitrogens with zero attached hydrogens (tertiary/aromatic N) is 1. The first kappa shape index (κ1) is 7.06. The van der Waals surface area contributed by atoms with Crippen LogP contribution in [-0.2, 0) is 7.05 Å². The molecule has 1 N–H and O–H groups in total. The Labute approximate surface area is 60.6 Å². The van der Waals surface area contributed by atoms with Crippen LogP contribution in [0.15, 0.2) is 12.3 Å². The molecule has 0 saturated heterocycles. The molecule has 1 rings (SSSR count). The SMILES string of the molecule is Cc1cc(C)c(=N)n(C)c1. The van der Waals surface area contributed by atoms with Crippen molar-refractivity contribution in [3.8, 4) is 0 Å². The van der Waals surface area contributed by atoms with E-state index < -0.39 is 0 Å². The van der Waals surface area contributed by atoms with Crippen molar-refractivity contribution in [1.29, 1.82) is 5.41 Å². The second-order valence-electron chi connectivity index (χ2n) is 2.66. The molecule has 0 aliphatic carbocycles. The van der Waals surface area contributed by atoms with Crippen LogP contribution in [0.3, 0.4) is 0 Å². The molecule has 0 aliphatic rings. The highest BCUT2D eigenvalue weighted by Gasteiger charge is 1.91. The van der Waals surface area contributed by atoms with E-state index >= 15 is 0 Å². The third-order valence-corrected chi connectivity index (χ3v) is 1.57. The predicted octanol–water partition coefficient (Wildman–Crippen LogP) is 1.12. The van der Waals surface area contributed by atoms with E-state index in [1.165, 1.54) is 5.56 Å². The first-order valence-corrected chi connectivity index (χ1v) is 3.30. The van der Waals surface area contributed by atoms with E-state index in [-0.39, 0.29) is 0 Å². The fourth-order valence-corrected chi connectivity index (χ4v) is 1.10. The summed E-state index contributed by atoms with van der Waals surface area (Å²) in [4.78, 5) is 0. The Morgan fingerprint density at radius 3 is 2.50 bits per heavy atom. The summed E-state index contributed by atoms with van der Waals surface area (Å²) in [6.45, 7) is 3.99. The largest absolute Gasteiger partial charge is 0.336 e. The second kappa shape index (κ2) is 2.29. The van der Waals surface area contributed by atoms with E-state index in [4.69, 9.17) is 5.41 Å². The normalized spacial score (nSPS) is 9.90. The predicted molar refractivity (Wildman–Crippen MR) is 40.7 cm³/mol. The molecule has 0 atom stereocenters. The van der Waals surface area contributed by atoms with Gasteiger partial charge in [0.15, 0.2) is 0 Å². The van der Waals surface area contributed by atoms with Crippen molar-refractivity contribution in [2.24, 2.45) is 7.05 Å². The lowest BCUT2D eigenvalue weighted by atomic mass is 10.2. The van der Waals surface area contributed by atoms with Crippen LogP contribution in [0.5, 0.6) is 0 Å². The number of hydrogen-bond acceptors (Lipinski definition) is 1. The highest BCUT2D eigenvalue weighted by atomic mass is 14.9. The molecule has 2 nitrogen and oxygen atoms in total. The van der Waals surface area contributed by atoms with Gasteiger partial charge in [-0.1, -0.05) is 6.07 Å². The Bertz CT molecular complexity index is 270. The highest BCUT2D eigenvalue weighted by Crippen LogP contribution is 1.94. The van der Waals surface area contributed by atoms with Gasteiger partial charge in [0.25, 0.3) is 0 Å². The molecule has 54 valence electrons. The van der Waals surface area contributed by atoms with Crippen molar-refractivity contribution < 1.29 is 0 Å². The maximum atomic E-state index is 7.50. The molecule has 1 aromatic rings. The molecule has 0 aliphatic heterocycles. The molecule has 0 spiro atoms. The van der Waals surface area contributed by atoms with Crippen LogP contribution < -0.4 is 5.49 Å². The van der Waals surface area contributed by atoms with Crippen LogP contribution in [0, 0.1) is 19.3 Å². The number of rotatable bonds is 0. The number of aryl methyl sites for hydroxylation is 3. The summed E-state index contributed by atoms with van der Waals surface area (Å²) in [5.74, 6) is 0. The fourth-order valence-electron chi connectivity index (χ4n) is 1.10. The van der Waals surface area contributed by atoms with E-state index in [0.29, 0.717) is 5.49 Å². The number of aromatic nitrogens is 1. The van der Waals surface area contributed by atoms with Gasteiger partial charge in [0.1, 0.15) is 5.49 Å². The van der Waals surface area contributed by atoms with Crippen LogP contribution >= 0.6 is 0 Å². The monoisotopic (exact) mass is 136 g/mol. The zero-order valence-electron chi connectivity index (χ0n) is 6.60. The summed E-state index contributed by atoms with van der Waals surface area (Å²) in [6, 6.07) is 2.02. The minimum Gasteiger partial charge on any atom is -0.336 e. The van der Waals surface area contributed by atoms with Gasteiger partial charge < -0.3 is 4.57 Å². The minimum absolute atomic E-state index is 0.589. The lowest BCUT2D eigenvalue weighted by molar-refractivity contribution is 0.797. The van der Waals surface area contributed by atoms with Gasteiger partial charge in [-0.2, -0.15) is 0 Å². The van der Waals surface area contributed by atoms with Crippen LogP contribution in [0.1, 0.15) is 11.1 Å². The molecular formula is C8H12N2. The van der Waals surface area contributed by atoms with E-state index in [2.05, 4.69) is 0 Å². The van der Waals surface area contributed by atoms with Gasteiger partial charge in [-0.05, 0) is 25.0 Å². The van der Waals surface area contributed by atoms with Crippen LogP contribution in [0.25, 0.3) is 0 Å². The van der Waals surface area contributed by atoms with Crippen molar-refractivity contribution in [3.63, 3.8) is 0 Å². The molecule has 0 saturated carbocycles. The number of hydrogen-bond donors (Lipinski definition) is 1. The van der Waals surface area contributed by atoms with Gasteiger partial charge in [-0.3, -0.25) is 5.41 Å². The minimum atomic E-state index is 0.589. The lowest BCUT2D eigenvalue weighted by Gasteiger charge is -2.02. The average Bonchev–Trinajstić information content (AvgIpc) is 1.82. The van der Waals surface area contributed by atoms with Crippen LogP contribution in [0.2, 0.25) is 0 Å². The second-order valence-corrected chi connectivity index (χ2v) is 2.66. The quantitative estimate of drug-likeness (QED) is 0.554. The van der Waals surface area contributed by atoms with Crippen molar-refractivity contribution in [1.82, 2.24) is 4.57 Å². The lowest BCUT2D eigenvalue weighted by Crippen LogP contribution is -2.18. The Hall–Kier alpha value is -1.05. The average molecular weight is 136 g/mol. The van der Waals surface area contributed by atoms with Crippen molar-refractivity contribution >= 4 is 0 Å². The van der Waals surface area contributed by atoms with Gasteiger partial charge in [-0.25, -0.2) is 0 Å². The van der Waals surface area contributed by atoms with E-state index in [1.54, 1.807) is 0 Å². The molecule has 0 radical (unpaired) electrons. The number of nitrogens with one attached hydrogen (secondary N) is 1. The molecule has 2 heteroatoms. The molecule has 0 unspecified atom stereocenters. The third-order valence-electron chi connectivity index (χ3n) is 1.57.